The highest BCUT2D eigenvalue weighted by Crippen LogP contribution is 2.11. The molecule has 3 heterocycles. The fourth-order valence-electron chi connectivity index (χ4n) is 2.86. The van der Waals surface area contributed by atoms with Gasteiger partial charge >= 0.3 is 5.69 Å². The van der Waals surface area contributed by atoms with Gasteiger partial charge in [-0.15, -0.1) is 11.3 Å². The largest absolute Gasteiger partial charge is 0.333 e. The fourth-order valence-corrected chi connectivity index (χ4v) is 3.55. The molecule has 0 aliphatic heterocycles. The van der Waals surface area contributed by atoms with Gasteiger partial charge in [0.05, 0.1) is 18.5 Å². The summed E-state index contributed by atoms with van der Waals surface area (Å²) in [5, 5.41) is 2.28. The second-order valence-electron chi connectivity index (χ2n) is 5.84. The summed E-state index contributed by atoms with van der Waals surface area (Å²) >= 11 is 1.49. The number of hydrogen-bond donors (Lipinski definition) is 0. The summed E-state index contributed by atoms with van der Waals surface area (Å²) in [6.45, 7) is 0.418. The second kappa shape index (κ2) is 6.68. The van der Waals surface area contributed by atoms with Crippen molar-refractivity contribution in [3.05, 3.63) is 97.2 Å². The highest BCUT2D eigenvalue weighted by Gasteiger charge is 2.15. The topological polar surface area (TPSA) is 56.9 Å². The zero-order chi connectivity index (χ0) is 18.1. The third-order valence-corrected chi connectivity index (χ3v) is 4.99. The minimum Gasteiger partial charge on any atom is -0.273 e. The van der Waals surface area contributed by atoms with Crippen molar-refractivity contribution in [3.63, 3.8) is 0 Å². The van der Waals surface area contributed by atoms with E-state index in [0.29, 0.717) is 11.0 Å². The Balaban J connectivity index is 1.91. The van der Waals surface area contributed by atoms with Crippen LogP contribution in [0.4, 0.5) is 4.39 Å². The zero-order valence-electron chi connectivity index (χ0n) is 13.6. The van der Waals surface area contributed by atoms with Crippen LogP contribution in [-0.2, 0) is 13.1 Å². The van der Waals surface area contributed by atoms with Gasteiger partial charge in [-0.1, -0.05) is 18.2 Å². The molecule has 4 aromatic rings. The van der Waals surface area contributed by atoms with Crippen molar-refractivity contribution >= 4 is 22.4 Å². The average Bonchev–Trinajstić information content (AvgIpc) is 3.17. The molecule has 0 fully saturated rings. The maximum Gasteiger partial charge on any atom is 0.333 e. The number of aromatic nitrogens is 3. The van der Waals surface area contributed by atoms with Crippen molar-refractivity contribution in [2.45, 2.75) is 13.1 Å². The second-order valence-corrected chi connectivity index (χ2v) is 6.87. The Hall–Kier alpha value is -3.06. The van der Waals surface area contributed by atoms with Gasteiger partial charge in [0, 0.05) is 11.1 Å². The Bertz CT molecular complexity index is 1180. The van der Waals surface area contributed by atoms with E-state index < -0.39 is 5.69 Å². The lowest BCUT2D eigenvalue weighted by Crippen LogP contribution is -2.40. The van der Waals surface area contributed by atoms with Crippen molar-refractivity contribution < 1.29 is 4.39 Å². The predicted octanol–water partition coefficient (Wildman–Crippen LogP) is 2.86. The van der Waals surface area contributed by atoms with Crippen LogP contribution in [-0.4, -0.2) is 14.1 Å². The van der Waals surface area contributed by atoms with Gasteiger partial charge in [-0.25, -0.2) is 14.2 Å². The summed E-state index contributed by atoms with van der Waals surface area (Å²) in [5.74, 6) is -0.341. The van der Waals surface area contributed by atoms with Crippen LogP contribution >= 0.6 is 11.3 Å². The van der Waals surface area contributed by atoms with Crippen molar-refractivity contribution in [1.82, 2.24) is 14.1 Å². The zero-order valence-corrected chi connectivity index (χ0v) is 14.4. The number of halogens is 1. The average molecular weight is 367 g/mol. The Morgan fingerprint density at radius 2 is 1.77 bits per heavy atom. The third kappa shape index (κ3) is 2.97. The highest BCUT2D eigenvalue weighted by atomic mass is 32.1. The molecule has 0 unspecified atom stereocenters. The van der Waals surface area contributed by atoms with E-state index in [9.17, 15) is 14.0 Å². The monoisotopic (exact) mass is 367 g/mol. The number of rotatable bonds is 4. The summed E-state index contributed by atoms with van der Waals surface area (Å²) in [6.07, 6.45) is 1.55. The van der Waals surface area contributed by atoms with Crippen molar-refractivity contribution in [2.24, 2.45) is 0 Å². The minimum absolute atomic E-state index is 0.206. The fraction of sp³-hybridized carbons (Fsp3) is 0.105. The molecule has 1 aromatic carbocycles. The van der Waals surface area contributed by atoms with E-state index in [1.807, 2.05) is 17.5 Å². The first-order chi connectivity index (χ1) is 12.6. The van der Waals surface area contributed by atoms with E-state index in [4.69, 9.17) is 0 Å². The molecule has 0 saturated heterocycles. The summed E-state index contributed by atoms with van der Waals surface area (Å²) in [7, 11) is 0. The van der Waals surface area contributed by atoms with Crippen molar-refractivity contribution in [2.75, 3.05) is 0 Å². The maximum absolute atomic E-state index is 13.2. The van der Waals surface area contributed by atoms with Crippen LogP contribution in [0.3, 0.4) is 0 Å². The molecule has 4 rings (SSSR count). The summed E-state index contributed by atoms with van der Waals surface area (Å²) in [6, 6.07) is 13.0. The molecule has 130 valence electrons. The highest BCUT2D eigenvalue weighted by molar-refractivity contribution is 7.09. The van der Waals surface area contributed by atoms with Crippen LogP contribution in [0.15, 0.2) is 69.7 Å². The lowest BCUT2D eigenvalue weighted by atomic mass is 10.2. The molecule has 0 N–H and O–H groups in total. The lowest BCUT2D eigenvalue weighted by molar-refractivity contribution is 0.621. The molecule has 3 aromatic heterocycles. The Labute approximate surface area is 151 Å². The van der Waals surface area contributed by atoms with Gasteiger partial charge in [0.1, 0.15) is 11.5 Å². The van der Waals surface area contributed by atoms with Crippen molar-refractivity contribution in [3.8, 4) is 0 Å². The number of fused-ring (bicyclic) bond motifs is 1. The number of thiophene rings is 1. The first kappa shape index (κ1) is 16.4. The van der Waals surface area contributed by atoms with Gasteiger partial charge < -0.3 is 0 Å². The van der Waals surface area contributed by atoms with Gasteiger partial charge in [0.25, 0.3) is 5.56 Å². The van der Waals surface area contributed by atoms with Gasteiger partial charge in [-0.05, 0) is 41.3 Å². The number of pyridine rings is 1. The molecule has 5 nitrogen and oxygen atoms in total. The third-order valence-electron chi connectivity index (χ3n) is 4.13. The van der Waals surface area contributed by atoms with Crippen LogP contribution in [0.5, 0.6) is 0 Å². The SMILES string of the molecule is O=c1c2cccnc2n(Cc2ccc(F)cc2)c(=O)n1Cc1cccs1. The Morgan fingerprint density at radius 1 is 0.962 bits per heavy atom. The van der Waals surface area contributed by atoms with Crippen LogP contribution in [0.2, 0.25) is 0 Å². The molecule has 0 atom stereocenters. The van der Waals surface area contributed by atoms with Crippen LogP contribution in [0.25, 0.3) is 11.0 Å². The molecule has 0 saturated carbocycles. The van der Waals surface area contributed by atoms with Gasteiger partial charge in [-0.2, -0.15) is 0 Å². The molecule has 0 aliphatic carbocycles. The molecular formula is C19H14FN3O2S. The van der Waals surface area contributed by atoms with Crippen LogP contribution in [0, 0.1) is 5.82 Å². The number of benzene rings is 1. The molecule has 0 aliphatic rings. The normalized spacial score (nSPS) is 11.1. The van der Waals surface area contributed by atoms with E-state index in [1.165, 1.54) is 32.6 Å². The predicted molar refractivity (Wildman–Crippen MR) is 99.2 cm³/mol. The summed E-state index contributed by atoms with van der Waals surface area (Å²) in [5.41, 5.74) is 0.289. The molecule has 0 spiro atoms. The lowest BCUT2D eigenvalue weighted by Gasteiger charge is -2.13. The van der Waals surface area contributed by atoms with Crippen LogP contribution in [0.1, 0.15) is 10.4 Å². The maximum atomic E-state index is 13.2. The summed E-state index contributed by atoms with van der Waals surface area (Å²) < 4.78 is 15.8. The van der Waals surface area contributed by atoms with Gasteiger partial charge in [-0.3, -0.25) is 13.9 Å². The minimum atomic E-state index is -0.432. The standard InChI is InChI=1S/C19H14FN3O2S/c20-14-7-5-13(6-8-14)11-22-17-16(4-1-9-21-17)18(24)23(19(22)25)12-15-3-2-10-26-15/h1-10H,11-12H2. The van der Waals surface area contributed by atoms with E-state index in [0.717, 1.165) is 10.4 Å². The first-order valence-electron chi connectivity index (χ1n) is 7.98. The summed E-state index contributed by atoms with van der Waals surface area (Å²) in [4.78, 5) is 31.0. The molecule has 0 amide bonds. The van der Waals surface area contributed by atoms with Crippen LogP contribution < -0.4 is 11.2 Å². The molecule has 0 radical (unpaired) electrons. The Kier molecular flexibility index (Phi) is 4.22. The molecular weight excluding hydrogens is 353 g/mol. The van der Waals surface area contributed by atoms with Gasteiger partial charge in [0.15, 0.2) is 0 Å². The van der Waals surface area contributed by atoms with E-state index in [1.54, 1.807) is 30.5 Å². The molecule has 26 heavy (non-hydrogen) atoms. The van der Waals surface area contributed by atoms with Gasteiger partial charge in [0.2, 0.25) is 0 Å². The number of nitrogens with zero attached hydrogens (tertiary/aromatic N) is 3. The molecule has 0 bridgehead atoms. The van der Waals surface area contributed by atoms with E-state index >= 15 is 0 Å². The number of hydrogen-bond acceptors (Lipinski definition) is 4. The van der Waals surface area contributed by atoms with Crippen molar-refractivity contribution in [1.29, 1.82) is 0 Å². The Morgan fingerprint density at radius 3 is 2.50 bits per heavy atom. The van der Waals surface area contributed by atoms with E-state index in [-0.39, 0.29) is 24.5 Å². The molecule has 7 heteroatoms. The quantitative estimate of drug-likeness (QED) is 0.557. The van der Waals surface area contributed by atoms with E-state index in [2.05, 4.69) is 4.98 Å². The first-order valence-corrected chi connectivity index (χ1v) is 8.86. The smallest absolute Gasteiger partial charge is 0.273 e.